The molecule has 0 spiro atoms. The first-order chi connectivity index (χ1) is 12.9. The molecule has 0 radical (unpaired) electrons. The molecular weight excluding hydrogens is 369 g/mol. The zero-order chi connectivity index (χ0) is 19.4. The van der Waals surface area contributed by atoms with Gasteiger partial charge in [-0.15, -0.1) is 0 Å². The summed E-state index contributed by atoms with van der Waals surface area (Å²) in [4.78, 5) is 28.1. The molecule has 0 aliphatic heterocycles. The number of carbonyl (C=O) groups excluding carboxylic acids is 1. The third-order valence-electron chi connectivity index (χ3n) is 3.97. The number of anilines is 1. The number of hydrogen-bond donors (Lipinski definition) is 1. The topological polar surface area (TPSA) is 64.0 Å². The van der Waals surface area contributed by atoms with Gasteiger partial charge in [0.2, 0.25) is 0 Å². The molecule has 5 nitrogen and oxygen atoms in total. The van der Waals surface area contributed by atoms with Crippen LogP contribution >= 0.6 is 11.6 Å². The lowest BCUT2D eigenvalue weighted by Crippen LogP contribution is -2.20. The zero-order valence-electron chi connectivity index (χ0n) is 14.6. The molecule has 27 heavy (non-hydrogen) atoms. The van der Waals surface area contributed by atoms with E-state index in [4.69, 9.17) is 11.6 Å². The Kier molecular flexibility index (Phi) is 5.66. The number of benzene rings is 1. The summed E-state index contributed by atoms with van der Waals surface area (Å²) in [5.41, 5.74) is 2.18. The van der Waals surface area contributed by atoms with E-state index in [1.165, 1.54) is 22.8 Å². The van der Waals surface area contributed by atoms with E-state index in [1.807, 2.05) is 6.92 Å². The Bertz CT molecular complexity index is 1010. The van der Waals surface area contributed by atoms with Crippen molar-refractivity contribution in [3.63, 3.8) is 0 Å². The largest absolute Gasteiger partial charge is 0.319 e. The summed E-state index contributed by atoms with van der Waals surface area (Å²) in [5.74, 6) is -0.772. The number of halogens is 2. The van der Waals surface area contributed by atoms with Crippen molar-refractivity contribution in [2.24, 2.45) is 0 Å². The van der Waals surface area contributed by atoms with Crippen molar-refractivity contribution in [2.75, 3.05) is 5.32 Å². The van der Waals surface area contributed by atoms with Crippen LogP contribution < -0.4 is 10.9 Å². The first kappa shape index (κ1) is 18.8. The van der Waals surface area contributed by atoms with E-state index >= 15 is 0 Å². The molecule has 1 N–H and O–H groups in total. The van der Waals surface area contributed by atoms with Gasteiger partial charge in [-0.3, -0.25) is 14.6 Å². The van der Waals surface area contributed by atoms with E-state index in [-0.39, 0.29) is 17.2 Å². The second-order valence-corrected chi connectivity index (χ2v) is 6.44. The van der Waals surface area contributed by atoms with Gasteiger partial charge in [0.05, 0.1) is 5.69 Å². The van der Waals surface area contributed by atoms with Crippen LogP contribution in [0.2, 0.25) is 5.02 Å². The van der Waals surface area contributed by atoms with Crippen molar-refractivity contribution in [3.8, 4) is 0 Å². The number of aromatic nitrogens is 2. The minimum atomic E-state index is -0.394. The number of nitrogens with one attached hydrogen (secondary N) is 1. The summed E-state index contributed by atoms with van der Waals surface area (Å²) in [6, 6.07) is 10.7. The van der Waals surface area contributed by atoms with E-state index in [1.54, 1.807) is 36.7 Å². The van der Waals surface area contributed by atoms with Crippen LogP contribution in [0.15, 0.2) is 59.7 Å². The van der Waals surface area contributed by atoms with Gasteiger partial charge < -0.3 is 9.88 Å². The maximum Gasteiger partial charge on any atom is 0.274 e. The zero-order valence-corrected chi connectivity index (χ0v) is 15.3. The number of amides is 1. The SMILES string of the molecule is CCn1cc(NC(=O)c2ccc(Cc3cc(F)cc(Cl)c3)cn2)ccc1=O. The van der Waals surface area contributed by atoms with Crippen molar-refractivity contribution in [3.05, 3.63) is 92.9 Å². The highest BCUT2D eigenvalue weighted by Crippen LogP contribution is 2.17. The molecule has 0 saturated carbocycles. The molecule has 2 heterocycles. The minimum absolute atomic E-state index is 0.129. The van der Waals surface area contributed by atoms with Gasteiger partial charge in [0.25, 0.3) is 11.5 Å². The van der Waals surface area contributed by atoms with Crippen molar-refractivity contribution in [1.82, 2.24) is 9.55 Å². The quantitative estimate of drug-likeness (QED) is 0.724. The molecule has 0 unspecified atom stereocenters. The van der Waals surface area contributed by atoms with Gasteiger partial charge >= 0.3 is 0 Å². The van der Waals surface area contributed by atoms with Crippen LogP contribution in [-0.2, 0) is 13.0 Å². The number of pyridine rings is 2. The van der Waals surface area contributed by atoms with E-state index in [9.17, 15) is 14.0 Å². The third kappa shape index (κ3) is 4.80. The summed E-state index contributed by atoms with van der Waals surface area (Å²) in [7, 11) is 0. The number of aryl methyl sites for hydroxylation is 1. The van der Waals surface area contributed by atoms with Gasteiger partial charge in [-0.1, -0.05) is 17.7 Å². The van der Waals surface area contributed by atoms with Crippen molar-refractivity contribution < 1.29 is 9.18 Å². The van der Waals surface area contributed by atoms with Crippen LogP contribution in [0, 0.1) is 5.82 Å². The lowest BCUT2D eigenvalue weighted by atomic mass is 10.1. The normalized spacial score (nSPS) is 10.6. The predicted octanol–water partition coefficient (Wildman–Crippen LogP) is 3.90. The van der Waals surface area contributed by atoms with E-state index in [0.717, 1.165) is 11.1 Å². The van der Waals surface area contributed by atoms with E-state index in [0.29, 0.717) is 23.7 Å². The number of nitrogens with zero attached hydrogens (tertiary/aromatic N) is 2. The molecule has 0 atom stereocenters. The van der Waals surface area contributed by atoms with Crippen LogP contribution in [0.3, 0.4) is 0 Å². The Hall–Kier alpha value is -2.99. The lowest BCUT2D eigenvalue weighted by molar-refractivity contribution is 0.102. The summed E-state index contributed by atoms with van der Waals surface area (Å²) in [6.07, 6.45) is 3.61. The summed E-state index contributed by atoms with van der Waals surface area (Å²) in [6.45, 7) is 2.36. The maximum absolute atomic E-state index is 13.4. The molecule has 1 amide bonds. The van der Waals surface area contributed by atoms with Crippen molar-refractivity contribution in [1.29, 1.82) is 0 Å². The first-order valence-electron chi connectivity index (χ1n) is 8.36. The monoisotopic (exact) mass is 385 g/mol. The maximum atomic E-state index is 13.4. The highest BCUT2D eigenvalue weighted by Gasteiger charge is 2.09. The molecule has 138 valence electrons. The molecule has 7 heteroatoms. The molecule has 0 aliphatic rings. The Morgan fingerprint density at radius 1 is 1.19 bits per heavy atom. The molecule has 0 aliphatic carbocycles. The highest BCUT2D eigenvalue weighted by atomic mass is 35.5. The standard InChI is InChI=1S/C20H17ClFN3O2/c1-2-25-12-17(4-6-19(25)26)24-20(27)18-5-3-13(11-23-18)7-14-8-15(21)10-16(22)9-14/h3-6,8-12H,2,7H2,1H3,(H,24,27). The van der Waals surface area contributed by atoms with E-state index < -0.39 is 5.82 Å². The van der Waals surface area contributed by atoms with Crippen LogP contribution in [0.25, 0.3) is 0 Å². The fourth-order valence-corrected chi connectivity index (χ4v) is 2.90. The molecule has 2 aromatic heterocycles. The lowest BCUT2D eigenvalue weighted by Gasteiger charge is -2.08. The highest BCUT2D eigenvalue weighted by molar-refractivity contribution is 6.30. The van der Waals surface area contributed by atoms with Gasteiger partial charge in [-0.2, -0.15) is 0 Å². The Balaban J connectivity index is 1.71. The minimum Gasteiger partial charge on any atom is -0.319 e. The average Bonchev–Trinajstić information content (AvgIpc) is 2.63. The van der Waals surface area contributed by atoms with E-state index in [2.05, 4.69) is 10.3 Å². The van der Waals surface area contributed by atoms with Gasteiger partial charge in [0.1, 0.15) is 11.5 Å². The third-order valence-corrected chi connectivity index (χ3v) is 4.19. The Morgan fingerprint density at radius 3 is 2.67 bits per heavy atom. The fourth-order valence-electron chi connectivity index (χ4n) is 2.66. The van der Waals surface area contributed by atoms with Gasteiger partial charge in [-0.25, -0.2) is 4.39 Å². The molecule has 0 saturated heterocycles. The number of rotatable bonds is 5. The molecule has 3 rings (SSSR count). The van der Waals surface area contributed by atoms with Crippen molar-refractivity contribution >= 4 is 23.2 Å². The van der Waals surface area contributed by atoms with Gasteiger partial charge in [0.15, 0.2) is 0 Å². The summed E-state index contributed by atoms with van der Waals surface area (Å²) < 4.78 is 14.9. The van der Waals surface area contributed by atoms with Crippen LogP contribution in [0.4, 0.5) is 10.1 Å². The average molecular weight is 386 g/mol. The summed E-state index contributed by atoms with van der Waals surface area (Å²) in [5, 5.41) is 3.05. The van der Waals surface area contributed by atoms with Gasteiger partial charge in [-0.05, 0) is 54.8 Å². The first-order valence-corrected chi connectivity index (χ1v) is 8.74. The molecule has 1 aromatic carbocycles. The second-order valence-electron chi connectivity index (χ2n) is 6.00. The van der Waals surface area contributed by atoms with Crippen molar-refractivity contribution in [2.45, 2.75) is 19.9 Å². The van der Waals surface area contributed by atoms with Crippen LogP contribution in [-0.4, -0.2) is 15.5 Å². The Morgan fingerprint density at radius 2 is 2.00 bits per heavy atom. The smallest absolute Gasteiger partial charge is 0.274 e. The number of carbonyl (C=O) groups is 1. The summed E-state index contributed by atoms with van der Waals surface area (Å²) >= 11 is 5.86. The Labute approximate surface area is 160 Å². The molecule has 0 fully saturated rings. The van der Waals surface area contributed by atoms with Crippen LogP contribution in [0.5, 0.6) is 0 Å². The van der Waals surface area contributed by atoms with Gasteiger partial charge in [0, 0.05) is 30.0 Å². The molecular formula is C20H17ClFN3O2. The predicted molar refractivity (Wildman–Crippen MR) is 103 cm³/mol. The fraction of sp³-hybridized carbons (Fsp3) is 0.150. The number of hydrogen-bond acceptors (Lipinski definition) is 3. The molecule has 0 bridgehead atoms. The second kappa shape index (κ2) is 8.14. The molecule has 3 aromatic rings. The van der Waals surface area contributed by atoms with Crippen LogP contribution in [0.1, 0.15) is 28.5 Å².